The van der Waals surface area contributed by atoms with E-state index in [1.54, 1.807) is 19.3 Å². The number of pyridine rings is 1. The number of fused-ring (bicyclic) bond motifs is 1. The molecule has 1 heterocycles. The first-order valence-electron chi connectivity index (χ1n) is 8.70. The number of benzene rings is 1. The molecular weight excluding hydrogens is 405 g/mol. The number of likely N-dealkylation sites (N-methyl/N-ethyl adjacent to an activating group) is 1. The van der Waals surface area contributed by atoms with E-state index in [1.807, 2.05) is 0 Å². The van der Waals surface area contributed by atoms with Gasteiger partial charge >= 0.3 is 5.97 Å². The molecule has 7 nitrogen and oxygen atoms in total. The maximum atomic E-state index is 12.3. The zero-order valence-corrected chi connectivity index (χ0v) is 17.6. The number of aryl methyl sites for hydroxylation is 1. The largest absolute Gasteiger partial charge is 0.495 e. The van der Waals surface area contributed by atoms with Crippen molar-refractivity contribution in [3.63, 3.8) is 0 Å². The third-order valence-corrected chi connectivity index (χ3v) is 5.14. The zero-order valence-electron chi connectivity index (χ0n) is 16.1. The Kier molecular flexibility index (Phi) is 7.86. The molecule has 2 aromatic rings. The van der Waals surface area contributed by atoms with E-state index in [4.69, 9.17) is 38.4 Å². The van der Waals surface area contributed by atoms with Crippen LogP contribution < -0.4 is 10.5 Å². The molecule has 0 atom stereocenters. The van der Waals surface area contributed by atoms with Gasteiger partial charge in [-0.05, 0) is 36.6 Å². The van der Waals surface area contributed by atoms with Crippen LogP contribution in [-0.4, -0.2) is 49.1 Å². The van der Waals surface area contributed by atoms with Crippen LogP contribution in [0.4, 0.5) is 0 Å². The quantitative estimate of drug-likeness (QED) is 0.650. The first-order chi connectivity index (χ1) is 13.3. The van der Waals surface area contributed by atoms with Crippen LogP contribution >= 0.6 is 23.2 Å². The molecule has 0 saturated heterocycles. The molecule has 0 bridgehead atoms. The van der Waals surface area contributed by atoms with Gasteiger partial charge in [0.15, 0.2) is 6.61 Å². The number of amides is 1. The van der Waals surface area contributed by atoms with Crippen LogP contribution in [0.5, 0.6) is 5.75 Å². The number of carbonyl (C=O) groups excluding carboxylic acids is 2. The van der Waals surface area contributed by atoms with Crippen LogP contribution in [0.25, 0.3) is 10.9 Å². The van der Waals surface area contributed by atoms with Gasteiger partial charge in [-0.1, -0.05) is 23.2 Å². The summed E-state index contributed by atoms with van der Waals surface area (Å²) in [5, 5.41) is 1.31. The standard InChI is InChI=1S/C19H23Cl2N3O4/c1-11(25)28-10-16(26)24(2)9-14-12(5-4-6-22)8-23-19-13(14)7-15(27-3)17(20)18(19)21/h7-8H,4-6,9-10,22H2,1-3H3. The van der Waals surface area contributed by atoms with Gasteiger partial charge in [0.05, 0.1) is 17.6 Å². The monoisotopic (exact) mass is 427 g/mol. The molecule has 2 N–H and O–H groups in total. The van der Waals surface area contributed by atoms with Crippen LogP contribution in [0, 0.1) is 0 Å². The molecule has 9 heteroatoms. The van der Waals surface area contributed by atoms with Gasteiger partial charge in [-0.25, -0.2) is 0 Å². The molecule has 2 rings (SSSR count). The Hall–Kier alpha value is -2.09. The highest BCUT2D eigenvalue weighted by Crippen LogP contribution is 2.39. The predicted molar refractivity (Wildman–Crippen MR) is 109 cm³/mol. The molecule has 1 aromatic heterocycles. The van der Waals surface area contributed by atoms with Gasteiger partial charge in [0.1, 0.15) is 10.8 Å². The summed E-state index contributed by atoms with van der Waals surface area (Å²) in [7, 11) is 3.14. The van der Waals surface area contributed by atoms with Crippen LogP contribution in [0.3, 0.4) is 0 Å². The minimum atomic E-state index is -0.508. The number of esters is 1. The fourth-order valence-electron chi connectivity index (χ4n) is 2.78. The Balaban J connectivity index is 2.51. The van der Waals surface area contributed by atoms with Crippen molar-refractivity contribution in [2.24, 2.45) is 5.73 Å². The topological polar surface area (TPSA) is 94.8 Å². The number of rotatable bonds is 8. The molecule has 1 aromatic carbocycles. The summed E-state index contributed by atoms with van der Waals surface area (Å²) in [4.78, 5) is 29.2. The summed E-state index contributed by atoms with van der Waals surface area (Å²) in [6.07, 6.45) is 3.19. The van der Waals surface area contributed by atoms with Crippen molar-refractivity contribution in [2.45, 2.75) is 26.3 Å². The summed E-state index contributed by atoms with van der Waals surface area (Å²) in [6.45, 7) is 1.75. The van der Waals surface area contributed by atoms with Crippen molar-refractivity contribution in [2.75, 3.05) is 27.3 Å². The fraction of sp³-hybridized carbons (Fsp3) is 0.421. The third kappa shape index (κ3) is 5.04. The van der Waals surface area contributed by atoms with E-state index < -0.39 is 5.97 Å². The highest BCUT2D eigenvalue weighted by Gasteiger charge is 2.19. The van der Waals surface area contributed by atoms with Gasteiger partial charge < -0.3 is 20.1 Å². The molecule has 1 amide bonds. The summed E-state index contributed by atoms with van der Waals surface area (Å²) < 4.78 is 10.1. The van der Waals surface area contributed by atoms with E-state index in [9.17, 15) is 9.59 Å². The van der Waals surface area contributed by atoms with E-state index >= 15 is 0 Å². The second-order valence-corrected chi connectivity index (χ2v) is 7.04. The van der Waals surface area contributed by atoms with Crippen LogP contribution in [0.1, 0.15) is 24.5 Å². The number of carbonyl (C=O) groups is 2. The Morgan fingerprint density at radius 1 is 1.29 bits per heavy atom. The number of nitrogens with two attached hydrogens (primary N) is 1. The second-order valence-electron chi connectivity index (χ2n) is 6.29. The van der Waals surface area contributed by atoms with Gasteiger partial charge in [-0.3, -0.25) is 14.6 Å². The maximum Gasteiger partial charge on any atom is 0.303 e. The minimum absolute atomic E-state index is 0.278. The Morgan fingerprint density at radius 3 is 2.61 bits per heavy atom. The SMILES string of the molecule is COc1cc2c(CN(C)C(=O)COC(C)=O)c(CCCN)cnc2c(Cl)c1Cl. The molecule has 0 spiro atoms. The van der Waals surface area contributed by atoms with E-state index in [0.29, 0.717) is 24.2 Å². The zero-order chi connectivity index (χ0) is 20.8. The summed E-state index contributed by atoms with van der Waals surface area (Å²) >= 11 is 12.6. The lowest BCUT2D eigenvalue weighted by Crippen LogP contribution is -2.31. The normalized spacial score (nSPS) is 10.8. The molecule has 0 radical (unpaired) electrons. The number of nitrogens with zero attached hydrogens (tertiary/aromatic N) is 2. The summed E-state index contributed by atoms with van der Waals surface area (Å²) in [5.41, 5.74) is 8.00. The lowest BCUT2D eigenvalue weighted by atomic mass is 9.99. The molecule has 28 heavy (non-hydrogen) atoms. The molecule has 0 fully saturated rings. The maximum absolute atomic E-state index is 12.3. The van der Waals surface area contributed by atoms with Crippen molar-refractivity contribution in [3.8, 4) is 5.75 Å². The number of ether oxygens (including phenoxy) is 2. The van der Waals surface area contributed by atoms with Crippen LogP contribution in [-0.2, 0) is 27.3 Å². The first kappa shape index (κ1) is 22.2. The van der Waals surface area contributed by atoms with Crippen molar-refractivity contribution in [1.82, 2.24) is 9.88 Å². The van der Waals surface area contributed by atoms with Gasteiger partial charge in [0, 0.05) is 32.1 Å². The Bertz CT molecular complexity index is 889. The van der Waals surface area contributed by atoms with Crippen molar-refractivity contribution >= 4 is 46.0 Å². The van der Waals surface area contributed by atoms with E-state index in [2.05, 4.69) is 4.98 Å². The smallest absolute Gasteiger partial charge is 0.303 e. The Labute approximate surface area is 173 Å². The van der Waals surface area contributed by atoms with Crippen molar-refractivity contribution in [3.05, 3.63) is 33.4 Å². The molecule has 0 aliphatic rings. The summed E-state index contributed by atoms with van der Waals surface area (Å²) in [5.74, 6) is -0.407. The molecule has 0 unspecified atom stereocenters. The van der Waals surface area contributed by atoms with Gasteiger partial charge in [0.25, 0.3) is 5.91 Å². The van der Waals surface area contributed by atoms with Crippen LogP contribution in [0.2, 0.25) is 10.0 Å². The van der Waals surface area contributed by atoms with E-state index in [1.165, 1.54) is 18.9 Å². The van der Waals surface area contributed by atoms with Crippen molar-refractivity contribution < 1.29 is 19.1 Å². The average molecular weight is 428 g/mol. The Morgan fingerprint density at radius 2 is 2.00 bits per heavy atom. The predicted octanol–water partition coefficient (Wildman–Crippen LogP) is 2.96. The fourth-order valence-corrected chi connectivity index (χ4v) is 3.25. The van der Waals surface area contributed by atoms with Crippen molar-refractivity contribution in [1.29, 1.82) is 0 Å². The number of aromatic nitrogens is 1. The number of hydrogen-bond donors (Lipinski definition) is 1. The second kappa shape index (κ2) is 9.91. The van der Waals surface area contributed by atoms with Crippen LogP contribution in [0.15, 0.2) is 12.3 Å². The lowest BCUT2D eigenvalue weighted by Gasteiger charge is -2.21. The molecule has 0 saturated carbocycles. The highest BCUT2D eigenvalue weighted by atomic mass is 35.5. The molecule has 0 aliphatic heterocycles. The highest BCUT2D eigenvalue weighted by molar-refractivity contribution is 6.46. The number of methoxy groups -OCH3 is 1. The first-order valence-corrected chi connectivity index (χ1v) is 9.45. The lowest BCUT2D eigenvalue weighted by molar-refractivity contribution is -0.149. The van der Waals surface area contributed by atoms with E-state index in [0.717, 1.165) is 22.9 Å². The number of halogens is 2. The minimum Gasteiger partial charge on any atom is -0.495 e. The van der Waals surface area contributed by atoms with E-state index in [-0.39, 0.29) is 29.1 Å². The molecule has 0 aliphatic carbocycles. The third-order valence-electron chi connectivity index (χ3n) is 4.30. The van der Waals surface area contributed by atoms with Gasteiger partial charge in [-0.15, -0.1) is 0 Å². The molecule has 152 valence electrons. The average Bonchev–Trinajstić information content (AvgIpc) is 2.67. The summed E-state index contributed by atoms with van der Waals surface area (Å²) in [6, 6.07) is 1.77. The number of hydrogen-bond acceptors (Lipinski definition) is 6. The van der Waals surface area contributed by atoms with Gasteiger partial charge in [0.2, 0.25) is 0 Å². The molecular formula is C19H23Cl2N3O4. The van der Waals surface area contributed by atoms with Gasteiger partial charge in [-0.2, -0.15) is 0 Å².